The van der Waals surface area contributed by atoms with E-state index in [9.17, 15) is 9.59 Å². The summed E-state index contributed by atoms with van der Waals surface area (Å²) in [6.07, 6.45) is 3.66. The molecule has 0 radical (unpaired) electrons. The molecule has 1 aromatic carbocycles. The minimum absolute atomic E-state index is 0.00198. The standard InChI is InChI=1S/C24H31NO5/c1-5-6-16-11-21(26)30-22-14(2)20(10-9-19(16)22)29-15(3)24(27)25-12-17-7-8-18(13-25)23(17)28-4/h9-11,15,17-18,23H,5-8,12-13H2,1-4H3/t15?,17-,18+,23?. The number of hydrogen-bond donors (Lipinski definition) is 0. The largest absolute Gasteiger partial charge is 0.480 e. The van der Waals surface area contributed by atoms with E-state index in [0.717, 1.165) is 55.3 Å². The van der Waals surface area contributed by atoms with Crippen LogP contribution in [0.1, 0.15) is 44.2 Å². The number of rotatable bonds is 6. The van der Waals surface area contributed by atoms with Crippen molar-refractivity contribution >= 4 is 16.9 Å². The fraction of sp³-hybridized carbons (Fsp3) is 0.583. The van der Waals surface area contributed by atoms with Crippen LogP contribution in [0.4, 0.5) is 0 Å². The number of carbonyl (C=O) groups excluding carboxylic acids is 1. The van der Waals surface area contributed by atoms with Gasteiger partial charge in [0.15, 0.2) is 6.10 Å². The third-order valence-corrected chi connectivity index (χ3v) is 6.70. The van der Waals surface area contributed by atoms with E-state index in [2.05, 4.69) is 6.92 Å². The molecule has 2 aromatic rings. The lowest BCUT2D eigenvalue weighted by Gasteiger charge is -2.38. The van der Waals surface area contributed by atoms with Crippen molar-refractivity contribution in [1.29, 1.82) is 0 Å². The minimum Gasteiger partial charge on any atom is -0.480 e. The summed E-state index contributed by atoms with van der Waals surface area (Å²) in [7, 11) is 1.77. The van der Waals surface area contributed by atoms with Crippen molar-refractivity contribution in [3.8, 4) is 5.75 Å². The number of likely N-dealkylation sites (tertiary alicyclic amines) is 1. The Balaban J connectivity index is 1.53. The lowest BCUT2D eigenvalue weighted by Crippen LogP contribution is -2.51. The Morgan fingerprint density at radius 3 is 2.60 bits per heavy atom. The van der Waals surface area contributed by atoms with E-state index in [4.69, 9.17) is 13.9 Å². The molecule has 2 unspecified atom stereocenters. The molecule has 0 spiro atoms. The Labute approximate surface area is 177 Å². The second-order valence-corrected chi connectivity index (χ2v) is 8.71. The topological polar surface area (TPSA) is 69.0 Å². The number of nitrogens with zero attached hydrogens (tertiary/aromatic N) is 1. The van der Waals surface area contributed by atoms with E-state index in [0.29, 0.717) is 23.2 Å². The van der Waals surface area contributed by atoms with E-state index < -0.39 is 6.10 Å². The second kappa shape index (κ2) is 8.42. The van der Waals surface area contributed by atoms with Crippen LogP contribution in [0.25, 0.3) is 11.0 Å². The highest BCUT2D eigenvalue weighted by molar-refractivity contribution is 5.85. The van der Waals surface area contributed by atoms with Crippen LogP contribution >= 0.6 is 0 Å². The molecular formula is C24H31NO5. The van der Waals surface area contributed by atoms with Crippen molar-refractivity contribution in [2.75, 3.05) is 20.2 Å². The molecule has 1 saturated carbocycles. The molecule has 2 aliphatic rings. The molecule has 1 aliphatic carbocycles. The number of amides is 1. The number of methoxy groups -OCH3 is 1. The fourth-order valence-corrected chi connectivity index (χ4v) is 5.25. The maximum atomic E-state index is 13.1. The van der Waals surface area contributed by atoms with Gasteiger partial charge in [-0.25, -0.2) is 4.79 Å². The molecule has 6 heteroatoms. The summed E-state index contributed by atoms with van der Waals surface area (Å²) in [4.78, 5) is 27.0. The van der Waals surface area contributed by atoms with Gasteiger partial charge in [-0.3, -0.25) is 4.79 Å². The van der Waals surface area contributed by atoms with Crippen molar-refractivity contribution in [2.45, 2.75) is 58.7 Å². The number of aryl methyl sites for hydroxylation is 2. The van der Waals surface area contributed by atoms with Crippen molar-refractivity contribution in [3.05, 3.63) is 39.7 Å². The molecule has 1 aliphatic heterocycles. The van der Waals surface area contributed by atoms with Gasteiger partial charge in [0.25, 0.3) is 5.91 Å². The van der Waals surface area contributed by atoms with E-state index in [1.807, 2.05) is 24.0 Å². The third-order valence-electron chi connectivity index (χ3n) is 6.70. The average Bonchev–Trinajstić information content (AvgIpc) is 2.97. The van der Waals surface area contributed by atoms with Gasteiger partial charge in [-0.2, -0.15) is 0 Å². The maximum absolute atomic E-state index is 13.1. The first-order valence-electron chi connectivity index (χ1n) is 11.0. The summed E-state index contributed by atoms with van der Waals surface area (Å²) in [6.45, 7) is 7.21. The Kier molecular flexibility index (Phi) is 5.87. The highest BCUT2D eigenvalue weighted by Crippen LogP contribution is 2.39. The van der Waals surface area contributed by atoms with E-state index in [1.165, 1.54) is 0 Å². The highest BCUT2D eigenvalue weighted by Gasteiger charge is 2.44. The van der Waals surface area contributed by atoms with Gasteiger partial charge in [-0.1, -0.05) is 13.3 Å². The highest BCUT2D eigenvalue weighted by atomic mass is 16.5. The van der Waals surface area contributed by atoms with Gasteiger partial charge in [0.1, 0.15) is 11.3 Å². The van der Waals surface area contributed by atoms with Crippen LogP contribution in [0.3, 0.4) is 0 Å². The van der Waals surface area contributed by atoms with E-state index in [-0.39, 0.29) is 17.6 Å². The first-order valence-corrected chi connectivity index (χ1v) is 11.0. The summed E-state index contributed by atoms with van der Waals surface area (Å²) in [5, 5.41) is 0.929. The molecular weight excluding hydrogens is 382 g/mol. The lowest BCUT2D eigenvalue weighted by atomic mass is 9.94. The van der Waals surface area contributed by atoms with Gasteiger partial charge in [0.05, 0.1) is 6.10 Å². The average molecular weight is 414 g/mol. The van der Waals surface area contributed by atoms with Crippen LogP contribution in [0, 0.1) is 18.8 Å². The van der Waals surface area contributed by atoms with Crippen LogP contribution < -0.4 is 10.4 Å². The molecule has 30 heavy (non-hydrogen) atoms. The quantitative estimate of drug-likeness (QED) is 0.676. The van der Waals surface area contributed by atoms with Gasteiger partial charge in [0, 0.05) is 49.1 Å². The molecule has 162 valence electrons. The molecule has 4 rings (SSSR count). The zero-order chi connectivity index (χ0) is 21.4. The summed E-state index contributed by atoms with van der Waals surface area (Å²) in [5.41, 5.74) is 1.92. The molecule has 6 nitrogen and oxygen atoms in total. The number of carbonyl (C=O) groups is 1. The number of benzene rings is 1. The van der Waals surface area contributed by atoms with Crippen molar-refractivity contribution < 1.29 is 18.7 Å². The second-order valence-electron chi connectivity index (χ2n) is 8.71. The van der Waals surface area contributed by atoms with Crippen LogP contribution in [0.5, 0.6) is 5.75 Å². The Morgan fingerprint density at radius 2 is 1.97 bits per heavy atom. The molecule has 1 saturated heterocycles. The summed E-state index contributed by atoms with van der Waals surface area (Å²) >= 11 is 0. The summed E-state index contributed by atoms with van der Waals surface area (Å²) < 4.78 is 17.2. The van der Waals surface area contributed by atoms with E-state index in [1.54, 1.807) is 20.1 Å². The maximum Gasteiger partial charge on any atom is 0.336 e. The monoisotopic (exact) mass is 413 g/mol. The van der Waals surface area contributed by atoms with Crippen molar-refractivity contribution in [3.63, 3.8) is 0 Å². The van der Waals surface area contributed by atoms with E-state index >= 15 is 0 Å². The van der Waals surface area contributed by atoms with Gasteiger partial charge in [-0.15, -0.1) is 0 Å². The predicted molar refractivity (Wildman–Crippen MR) is 115 cm³/mol. The first-order chi connectivity index (χ1) is 14.4. The van der Waals surface area contributed by atoms with Crippen molar-refractivity contribution in [2.24, 2.45) is 11.8 Å². The van der Waals surface area contributed by atoms with Gasteiger partial charge < -0.3 is 18.8 Å². The van der Waals surface area contributed by atoms with Gasteiger partial charge in [0.2, 0.25) is 0 Å². The zero-order valence-electron chi connectivity index (χ0n) is 18.3. The van der Waals surface area contributed by atoms with Crippen LogP contribution in [-0.2, 0) is 16.0 Å². The Morgan fingerprint density at radius 1 is 1.27 bits per heavy atom. The molecule has 1 amide bonds. The first kappa shape index (κ1) is 20.9. The molecule has 2 fully saturated rings. The zero-order valence-corrected chi connectivity index (χ0v) is 18.3. The normalized spacial score (nSPS) is 24.3. The summed E-state index contributed by atoms with van der Waals surface area (Å²) in [6, 6.07) is 5.37. The SMILES string of the molecule is CCCc1cc(=O)oc2c(C)c(OC(C)C(=O)N3C[C@H]4CC[C@@H](C3)C4OC)ccc12. The van der Waals surface area contributed by atoms with Crippen LogP contribution in [0.15, 0.2) is 27.4 Å². The predicted octanol–water partition coefficient (Wildman–Crippen LogP) is 3.70. The minimum atomic E-state index is -0.606. The molecule has 2 bridgehead atoms. The smallest absolute Gasteiger partial charge is 0.336 e. The molecule has 4 atom stereocenters. The summed E-state index contributed by atoms with van der Waals surface area (Å²) in [5.74, 6) is 1.41. The number of ether oxygens (including phenoxy) is 2. The van der Waals surface area contributed by atoms with Crippen molar-refractivity contribution in [1.82, 2.24) is 4.90 Å². The Bertz CT molecular complexity index is 983. The lowest BCUT2D eigenvalue weighted by molar-refractivity contribution is -0.143. The molecule has 2 heterocycles. The third kappa shape index (κ3) is 3.73. The Hall–Kier alpha value is -2.34. The van der Waals surface area contributed by atoms with Crippen LogP contribution in [0.2, 0.25) is 0 Å². The van der Waals surface area contributed by atoms with Crippen LogP contribution in [-0.4, -0.2) is 43.2 Å². The number of piperidine rings is 1. The number of hydrogen-bond acceptors (Lipinski definition) is 5. The van der Waals surface area contributed by atoms with Gasteiger partial charge in [-0.05, 0) is 50.8 Å². The van der Waals surface area contributed by atoms with Gasteiger partial charge >= 0.3 is 5.63 Å². The molecule has 1 aromatic heterocycles. The number of fused-ring (bicyclic) bond motifs is 3. The fourth-order valence-electron chi connectivity index (χ4n) is 5.25. The molecule has 0 N–H and O–H groups in total.